The number of esters is 1. The molecule has 1 saturated carbocycles. The largest absolute Gasteiger partial charge is 0.458 e. The highest BCUT2D eigenvalue weighted by molar-refractivity contribution is 5.85. The highest BCUT2D eigenvalue weighted by atomic mass is 16.6. The first kappa shape index (κ1) is 27.3. The Morgan fingerprint density at radius 2 is 1.97 bits per heavy atom. The summed E-state index contributed by atoms with van der Waals surface area (Å²) in [7, 11) is 1.70. The van der Waals surface area contributed by atoms with E-state index < -0.39 is 5.60 Å². The van der Waals surface area contributed by atoms with Crippen molar-refractivity contribution in [2.24, 2.45) is 16.7 Å². The molecule has 0 bridgehead atoms. The van der Waals surface area contributed by atoms with Gasteiger partial charge < -0.3 is 14.7 Å². The van der Waals surface area contributed by atoms with Gasteiger partial charge in [-0.25, -0.2) is 4.79 Å². The number of nitrogens with one attached hydrogen (secondary N) is 1. The summed E-state index contributed by atoms with van der Waals surface area (Å²) in [4.78, 5) is 16.8. The van der Waals surface area contributed by atoms with Gasteiger partial charge >= 0.3 is 5.97 Å². The fraction of sp³-hybridized carbons (Fsp3) is 0.889. The van der Waals surface area contributed by atoms with Crippen LogP contribution in [0.1, 0.15) is 112 Å². The van der Waals surface area contributed by atoms with Crippen LogP contribution in [0.4, 0.5) is 0 Å². The predicted octanol–water partition coefficient (Wildman–Crippen LogP) is 6.10. The SMILES string of the molecule is CCCC[C@](C)(CC1=CC(=O)OC1)[C@](O)(CCC)CCC[C@@H]1C[C@@H](NOC)CCC1(C)C. The Balaban J connectivity index is 2.11. The Bertz CT molecular complexity index is 631. The van der Waals surface area contributed by atoms with Crippen molar-refractivity contribution in [1.82, 2.24) is 5.48 Å². The Labute approximate surface area is 196 Å². The van der Waals surface area contributed by atoms with Gasteiger partial charge in [0.15, 0.2) is 0 Å². The van der Waals surface area contributed by atoms with E-state index in [0.717, 1.165) is 76.2 Å². The number of rotatable bonds is 14. The molecule has 1 fully saturated rings. The van der Waals surface area contributed by atoms with E-state index in [1.165, 1.54) is 6.42 Å². The molecule has 1 aliphatic heterocycles. The first-order valence-electron chi connectivity index (χ1n) is 13.0. The van der Waals surface area contributed by atoms with Gasteiger partial charge in [-0.15, -0.1) is 0 Å². The lowest BCUT2D eigenvalue weighted by Gasteiger charge is -2.47. The molecule has 1 heterocycles. The molecule has 2 rings (SSSR count). The van der Waals surface area contributed by atoms with E-state index in [4.69, 9.17) is 9.57 Å². The van der Waals surface area contributed by atoms with Crippen LogP contribution in [-0.2, 0) is 14.4 Å². The van der Waals surface area contributed by atoms with Crippen LogP contribution in [0.25, 0.3) is 0 Å². The van der Waals surface area contributed by atoms with Crippen LogP contribution in [0.15, 0.2) is 11.6 Å². The lowest BCUT2D eigenvalue weighted by atomic mass is 9.62. The monoisotopic (exact) mass is 451 g/mol. The van der Waals surface area contributed by atoms with Crippen molar-refractivity contribution < 1.29 is 19.5 Å². The first-order valence-corrected chi connectivity index (χ1v) is 13.0. The molecule has 0 saturated heterocycles. The highest BCUT2D eigenvalue weighted by Gasteiger charge is 2.46. The minimum absolute atomic E-state index is 0.240. The normalized spacial score (nSPS) is 26.8. The zero-order chi connectivity index (χ0) is 23.8. The molecule has 2 N–H and O–H groups in total. The number of carbonyl (C=O) groups excluding carboxylic acids is 1. The number of aliphatic hydroxyl groups is 1. The zero-order valence-electron chi connectivity index (χ0n) is 21.6. The van der Waals surface area contributed by atoms with Crippen molar-refractivity contribution in [3.8, 4) is 0 Å². The number of cyclic esters (lactones) is 1. The standard InChI is InChI=1S/C27H49NO4/c1-7-9-14-26(5,19-21-17-24(29)32-20-21)27(30,13-8-2)15-10-11-22-18-23(28-31-6)12-16-25(22,3)4/h17,22-23,28,30H,7-16,18-20H2,1-6H3/t22-,23+,26-,27+/m1/s1. The second kappa shape index (κ2) is 12.0. The van der Waals surface area contributed by atoms with Crippen LogP contribution in [0, 0.1) is 16.7 Å². The third-order valence-corrected chi connectivity index (χ3v) is 8.45. The molecule has 1 aliphatic carbocycles. The molecule has 0 aromatic rings. The van der Waals surface area contributed by atoms with Crippen molar-refractivity contribution in [3.05, 3.63) is 11.6 Å². The number of carbonyl (C=O) groups is 1. The number of hydrogen-bond acceptors (Lipinski definition) is 5. The quantitative estimate of drug-likeness (QED) is 0.247. The molecule has 0 aromatic carbocycles. The first-order chi connectivity index (χ1) is 15.1. The fourth-order valence-corrected chi connectivity index (χ4v) is 6.17. The van der Waals surface area contributed by atoms with E-state index in [2.05, 4.69) is 40.1 Å². The van der Waals surface area contributed by atoms with E-state index in [-0.39, 0.29) is 11.4 Å². The Morgan fingerprint density at radius 1 is 1.22 bits per heavy atom. The summed E-state index contributed by atoms with van der Waals surface area (Å²) in [5.74, 6) is 0.385. The van der Waals surface area contributed by atoms with E-state index in [0.29, 0.717) is 24.0 Å². The van der Waals surface area contributed by atoms with Gasteiger partial charge in [0.05, 0.1) is 12.7 Å². The van der Waals surface area contributed by atoms with Gasteiger partial charge in [-0.2, -0.15) is 5.48 Å². The molecule has 0 aromatic heterocycles. The minimum Gasteiger partial charge on any atom is -0.458 e. The number of hydrogen-bond donors (Lipinski definition) is 2. The summed E-state index contributed by atoms with van der Waals surface area (Å²) in [6.45, 7) is 11.8. The number of ether oxygens (including phenoxy) is 1. The smallest absolute Gasteiger partial charge is 0.331 e. The minimum atomic E-state index is -0.730. The van der Waals surface area contributed by atoms with Crippen LogP contribution < -0.4 is 5.48 Å². The number of unbranched alkanes of at least 4 members (excludes halogenated alkanes) is 1. The van der Waals surface area contributed by atoms with Gasteiger partial charge in [-0.1, -0.05) is 60.3 Å². The molecule has 186 valence electrons. The van der Waals surface area contributed by atoms with Gasteiger partial charge in [0.1, 0.15) is 6.61 Å². The van der Waals surface area contributed by atoms with E-state index in [1.54, 1.807) is 13.2 Å². The maximum atomic E-state index is 12.1. The Morgan fingerprint density at radius 3 is 2.56 bits per heavy atom. The van der Waals surface area contributed by atoms with Crippen molar-refractivity contribution >= 4 is 5.97 Å². The Hall–Kier alpha value is -0.910. The van der Waals surface area contributed by atoms with Crippen LogP contribution in [-0.4, -0.2) is 36.4 Å². The van der Waals surface area contributed by atoms with Gasteiger partial charge in [0.2, 0.25) is 0 Å². The summed E-state index contributed by atoms with van der Waals surface area (Å²) in [5.41, 5.74) is 3.56. The molecule has 5 nitrogen and oxygen atoms in total. The van der Waals surface area contributed by atoms with E-state index in [9.17, 15) is 9.90 Å². The molecule has 0 amide bonds. The third kappa shape index (κ3) is 7.04. The summed E-state index contributed by atoms with van der Waals surface area (Å²) in [6, 6.07) is 0.425. The average Bonchev–Trinajstić information content (AvgIpc) is 3.13. The van der Waals surface area contributed by atoms with Crippen LogP contribution in [0.2, 0.25) is 0 Å². The summed E-state index contributed by atoms with van der Waals surface area (Å²) in [6.07, 6.45) is 13.8. The summed E-state index contributed by atoms with van der Waals surface area (Å²) < 4.78 is 5.17. The van der Waals surface area contributed by atoms with Crippen molar-refractivity contribution in [3.63, 3.8) is 0 Å². The van der Waals surface area contributed by atoms with Gasteiger partial charge in [0.25, 0.3) is 0 Å². The molecule has 0 radical (unpaired) electrons. The van der Waals surface area contributed by atoms with Gasteiger partial charge in [-0.3, -0.25) is 0 Å². The lowest BCUT2D eigenvalue weighted by molar-refractivity contribution is -0.135. The molecule has 4 atom stereocenters. The van der Waals surface area contributed by atoms with Gasteiger partial charge in [-0.05, 0) is 68.3 Å². The molecule has 0 unspecified atom stereocenters. The number of hydroxylamine groups is 1. The van der Waals surface area contributed by atoms with Crippen molar-refractivity contribution in [2.75, 3.05) is 13.7 Å². The maximum Gasteiger partial charge on any atom is 0.331 e. The second-order valence-corrected chi connectivity index (χ2v) is 11.4. The third-order valence-electron chi connectivity index (χ3n) is 8.45. The van der Waals surface area contributed by atoms with Crippen molar-refractivity contribution in [1.29, 1.82) is 0 Å². The summed E-state index contributed by atoms with van der Waals surface area (Å²) >= 11 is 0. The fourth-order valence-electron chi connectivity index (χ4n) is 6.17. The van der Waals surface area contributed by atoms with Crippen LogP contribution >= 0.6 is 0 Å². The molecule has 0 spiro atoms. The van der Waals surface area contributed by atoms with E-state index >= 15 is 0 Å². The van der Waals surface area contributed by atoms with Crippen molar-refractivity contribution in [2.45, 2.75) is 123 Å². The second-order valence-electron chi connectivity index (χ2n) is 11.4. The average molecular weight is 452 g/mol. The molecule has 5 heteroatoms. The highest BCUT2D eigenvalue weighted by Crippen LogP contribution is 2.49. The molecular weight excluding hydrogens is 402 g/mol. The van der Waals surface area contributed by atoms with Crippen LogP contribution in [0.3, 0.4) is 0 Å². The maximum absolute atomic E-state index is 12.1. The molecule has 32 heavy (non-hydrogen) atoms. The zero-order valence-corrected chi connectivity index (χ0v) is 21.6. The Kier molecular flexibility index (Phi) is 10.2. The molecular formula is C27H49NO4. The predicted molar refractivity (Wildman–Crippen MR) is 130 cm³/mol. The molecule has 2 aliphatic rings. The topological polar surface area (TPSA) is 67.8 Å². The lowest BCUT2D eigenvalue weighted by Crippen LogP contribution is -2.47. The summed E-state index contributed by atoms with van der Waals surface area (Å²) in [5, 5.41) is 12.1. The van der Waals surface area contributed by atoms with E-state index in [1.807, 2.05) is 0 Å². The van der Waals surface area contributed by atoms with Gasteiger partial charge in [0, 0.05) is 17.5 Å². The van der Waals surface area contributed by atoms with Crippen LogP contribution in [0.5, 0.6) is 0 Å².